The maximum Gasteiger partial charge on any atom is 0.262 e. The molecule has 3 heterocycles. The fourth-order valence-electron chi connectivity index (χ4n) is 4.21. The number of hydrogen-bond acceptors (Lipinski definition) is 5. The molecule has 1 fully saturated rings. The number of dihydropyridines is 1. The van der Waals surface area contributed by atoms with Gasteiger partial charge in [-0.25, -0.2) is 8.78 Å². The lowest BCUT2D eigenvalue weighted by atomic mass is 9.97. The van der Waals surface area contributed by atoms with Gasteiger partial charge in [0, 0.05) is 31.1 Å². The van der Waals surface area contributed by atoms with Gasteiger partial charge >= 0.3 is 0 Å². The molecule has 3 aliphatic rings. The van der Waals surface area contributed by atoms with E-state index in [-0.39, 0.29) is 53.8 Å². The molecule has 2 amide bonds. The number of rotatable bonds is 5. The van der Waals surface area contributed by atoms with E-state index in [0.717, 1.165) is 17.2 Å². The van der Waals surface area contributed by atoms with Crippen molar-refractivity contribution in [2.75, 3.05) is 31.6 Å². The largest absolute Gasteiger partial charge is 0.490 e. The van der Waals surface area contributed by atoms with Gasteiger partial charge in [0.25, 0.3) is 11.8 Å². The zero-order valence-corrected chi connectivity index (χ0v) is 18.4. The maximum atomic E-state index is 14.6. The van der Waals surface area contributed by atoms with Gasteiger partial charge in [-0.2, -0.15) is 0 Å². The fourth-order valence-corrected chi connectivity index (χ4v) is 4.21. The van der Waals surface area contributed by atoms with Crippen LogP contribution in [0.1, 0.15) is 22.8 Å². The summed E-state index contributed by atoms with van der Waals surface area (Å²) in [4.78, 5) is 25.7. The van der Waals surface area contributed by atoms with Gasteiger partial charge in [-0.3, -0.25) is 9.59 Å². The van der Waals surface area contributed by atoms with Crippen molar-refractivity contribution in [3.05, 3.63) is 71.4 Å². The molecular weight excluding hydrogens is 444 g/mol. The van der Waals surface area contributed by atoms with Crippen molar-refractivity contribution in [3.8, 4) is 11.5 Å². The third kappa shape index (κ3) is 4.21. The Morgan fingerprint density at radius 2 is 2.03 bits per heavy atom. The molecule has 1 saturated heterocycles. The Morgan fingerprint density at radius 3 is 2.79 bits per heavy atom. The number of anilines is 1. The lowest BCUT2D eigenvalue weighted by molar-refractivity contribution is -0.118. The van der Waals surface area contributed by atoms with Crippen LogP contribution >= 0.6 is 0 Å². The quantitative estimate of drug-likeness (QED) is 0.705. The minimum atomic E-state index is -0.713. The Balaban J connectivity index is 1.17. The second-order valence-electron chi connectivity index (χ2n) is 8.57. The fraction of sp³-hybridized carbons (Fsp3) is 0.280. The van der Waals surface area contributed by atoms with Crippen LogP contribution in [-0.4, -0.2) is 49.1 Å². The molecule has 176 valence electrons. The number of benzene rings is 2. The Morgan fingerprint density at radius 1 is 1.21 bits per heavy atom. The highest BCUT2D eigenvalue weighted by Gasteiger charge is 2.34. The van der Waals surface area contributed by atoms with Gasteiger partial charge in [-0.15, -0.1) is 0 Å². The van der Waals surface area contributed by atoms with Crippen LogP contribution in [0.5, 0.6) is 11.5 Å². The number of likely N-dealkylation sites (tertiary alicyclic amines) is 1. The Hall–Kier alpha value is -3.88. The monoisotopic (exact) mass is 467 g/mol. The standard InChI is InChI=1S/C25H23F2N3O4/c1-14-17(3-2-6-28-14)16-4-5-22(20(27)7-16)33-12-15-10-30(11-15)25(32)18-8-21-23(9-19(18)26)34-13-24(31)29-21/h2-9,14-15,28H,10-13H2,1H3,(H,29,31). The number of ether oxygens (including phenoxy) is 2. The van der Waals surface area contributed by atoms with Crippen LogP contribution in [0.2, 0.25) is 0 Å². The number of nitrogens with one attached hydrogen (secondary N) is 2. The molecular formula is C25H23F2N3O4. The van der Waals surface area contributed by atoms with E-state index in [1.165, 1.54) is 17.0 Å². The molecule has 1 atom stereocenters. The Labute approximate surface area is 195 Å². The molecule has 9 heteroatoms. The van der Waals surface area contributed by atoms with Crippen molar-refractivity contribution < 1.29 is 27.8 Å². The highest BCUT2D eigenvalue weighted by atomic mass is 19.1. The van der Waals surface area contributed by atoms with Crippen LogP contribution < -0.4 is 20.1 Å². The van der Waals surface area contributed by atoms with Gasteiger partial charge in [0.1, 0.15) is 11.6 Å². The number of carbonyl (C=O) groups excluding carboxylic acids is 2. The van der Waals surface area contributed by atoms with E-state index in [2.05, 4.69) is 10.6 Å². The Bertz CT molecular complexity index is 1220. The van der Waals surface area contributed by atoms with Crippen molar-refractivity contribution in [2.24, 2.45) is 5.92 Å². The van der Waals surface area contributed by atoms with E-state index >= 15 is 0 Å². The summed E-state index contributed by atoms with van der Waals surface area (Å²) in [6, 6.07) is 7.36. The summed E-state index contributed by atoms with van der Waals surface area (Å²) in [5, 5.41) is 5.75. The van der Waals surface area contributed by atoms with E-state index in [4.69, 9.17) is 9.47 Å². The van der Waals surface area contributed by atoms with Gasteiger partial charge in [0.15, 0.2) is 18.2 Å². The SMILES string of the molecule is CC1NC=CC=C1c1ccc(OCC2CN(C(=O)c3cc4c(cc3F)OCC(=O)N4)C2)c(F)c1. The molecule has 2 aromatic rings. The third-order valence-corrected chi connectivity index (χ3v) is 6.10. The first-order chi connectivity index (χ1) is 16.4. The number of carbonyl (C=O) groups is 2. The molecule has 0 radical (unpaired) electrons. The zero-order chi connectivity index (χ0) is 23.8. The molecule has 2 N–H and O–H groups in total. The number of nitrogens with zero attached hydrogens (tertiary/aromatic N) is 1. The molecule has 2 aromatic carbocycles. The van der Waals surface area contributed by atoms with Gasteiger partial charge < -0.3 is 25.0 Å². The summed E-state index contributed by atoms with van der Waals surface area (Å²) in [6.45, 7) is 2.77. The Kier molecular flexibility index (Phi) is 5.69. The normalized spacial score (nSPS) is 19.3. The molecule has 0 saturated carbocycles. The summed E-state index contributed by atoms with van der Waals surface area (Å²) in [7, 11) is 0. The van der Waals surface area contributed by atoms with E-state index in [1.54, 1.807) is 6.07 Å². The van der Waals surface area contributed by atoms with E-state index in [1.807, 2.05) is 31.3 Å². The van der Waals surface area contributed by atoms with E-state index in [0.29, 0.717) is 13.1 Å². The summed E-state index contributed by atoms with van der Waals surface area (Å²) >= 11 is 0. The van der Waals surface area contributed by atoms with Crippen molar-refractivity contribution in [1.29, 1.82) is 0 Å². The summed E-state index contributed by atoms with van der Waals surface area (Å²) in [5.41, 5.74) is 1.90. The van der Waals surface area contributed by atoms with Crippen LogP contribution in [0, 0.1) is 17.6 Å². The van der Waals surface area contributed by atoms with Crippen LogP contribution in [0.25, 0.3) is 5.57 Å². The highest BCUT2D eigenvalue weighted by molar-refractivity contribution is 6.00. The maximum absolute atomic E-state index is 14.6. The predicted molar refractivity (Wildman–Crippen MR) is 122 cm³/mol. The second-order valence-corrected chi connectivity index (χ2v) is 8.57. The molecule has 7 nitrogen and oxygen atoms in total. The van der Waals surface area contributed by atoms with Crippen LogP contribution in [0.15, 0.2) is 48.7 Å². The smallest absolute Gasteiger partial charge is 0.262 e. The van der Waals surface area contributed by atoms with Crippen LogP contribution in [0.3, 0.4) is 0 Å². The van der Waals surface area contributed by atoms with Gasteiger partial charge in [-0.1, -0.05) is 12.1 Å². The summed E-state index contributed by atoms with van der Waals surface area (Å²) < 4.78 is 39.9. The average Bonchev–Trinajstić information content (AvgIpc) is 2.79. The summed E-state index contributed by atoms with van der Waals surface area (Å²) in [6.07, 6.45) is 5.67. The van der Waals surface area contributed by atoms with Crippen molar-refractivity contribution >= 4 is 23.1 Å². The molecule has 3 aliphatic heterocycles. The number of halogens is 2. The number of hydrogen-bond donors (Lipinski definition) is 2. The van der Waals surface area contributed by atoms with Crippen molar-refractivity contribution in [1.82, 2.24) is 10.2 Å². The van der Waals surface area contributed by atoms with Crippen molar-refractivity contribution in [3.63, 3.8) is 0 Å². The van der Waals surface area contributed by atoms with Gasteiger partial charge in [-0.05, 0) is 48.5 Å². The second kappa shape index (κ2) is 8.81. The first-order valence-electron chi connectivity index (χ1n) is 11.0. The van der Waals surface area contributed by atoms with Gasteiger partial charge in [0.05, 0.1) is 17.9 Å². The molecule has 34 heavy (non-hydrogen) atoms. The lowest BCUT2D eigenvalue weighted by Gasteiger charge is -2.39. The minimum Gasteiger partial charge on any atom is -0.490 e. The van der Waals surface area contributed by atoms with Gasteiger partial charge in [0.2, 0.25) is 0 Å². The topological polar surface area (TPSA) is 79.9 Å². The number of fused-ring (bicyclic) bond motifs is 1. The molecule has 0 aliphatic carbocycles. The first kappa shape index (κ1) is 21.9. The van der Waals surface area contributed by atoms with Crippen LogP contribution in [0.4, 0.5) is 14.5 Å². The number of amides is 2. The van der Waals surface area contributed by atoms with E-state index < -0.39 is 17.5 Å². The minimum absolute atomic E-state index is 0.00200. The molecule has 0 spiro atoms. The summed E-state index contributed by atoms with van der Waals surface area (Å²) in [5.74, 6) is -1.66. The average molecular weight is 467 g/mol. The van der Waals surface area contributed by atoms with Crippen molar-refractivity contribution in [2.45, 2.75) is 13.0 Å². The van der Waals surface area contributed by atoms with E-state index in [9.17, 15) is 18.4 Å². The lowest BCUT2D eigenvalue weighted by Crippen LogP contribution is -2.52. The molecule has 1 unspecified atom stereocenters. The molecule has 0 aromatic heterocycles. The van der Waals surface area contributed by atoms with Crippen LogP contribution in [-0.2, 0) is 4.79 Å². The highest BCUT2D eigenvalue weighted by Crippen LogP contribution is 2.32. The molecule has 5 rings (SSSR count). The first-order valence-corrected chi connectivity index (χ1v) is 11.0. The predicted octanol–water partition coefficient (Wildman–Crippen LogP) is 3.34. The third-order valence-electron chi connectivity index (χ3n) is 6.10. The number of allylic oxidation sites excluding steroid dienone is 2. The molecule has 0 bridgehead atoms. The zero-order valence-electron chi connectivity index (χ0n) is 18.4.